The van der Waals surface area contributed by atoms with Gasteiger partial charge in [-0.2, -0.15) is 0 Å². The van der Waals surface area contributed by atoms with Gasteiger partial charge in [-0.15, -0.1) is 0 Å². The van der Waals surface area contributed by atoms with Crippen LogP contribution in [0.1, 0.15) is 24.7 Å². The van der Waals surface area contributed by atoms with Gasteiger partial charge < -0.3 is 10.0 Å². The molecule has 0 saturated carbocycles. The molecule has 1 aromatic heterocycles. The maximum absolute atomic E-state index is 11.4. The van der Waals surface area contributed by atoms with Crippen LogP contribution in [-0.2, 0) is 11.3 Å². The lowest BCUT2D eigenvalue weighted by molar-refractivity contribution is -0.128. The molecule has 0 aromatic carbocycles. The fourth-order valence-corrected chi connectivity index (χ4v) is 2.38. The number of pyridine rings is 1. The predicted octanol–water partition coefficient (Wildman–Crippen LogP) is 1.15. The number of amides is 1. The molecule has 5 heteroatoms. The average molecular weight is 263 g/mol. The van der Waals surface area contributed by atoms with Crippen LogP contribution in [0, 0.1) is 6.92 Å². The topological polar surface area (TPSA) is 56.7 Å². The van der Waals surface area contributed by atoms with Crippen LogP contribution in [0.5, 0.6) is 5.75 Å². The lowest BCUT2D eigenvalue weighted by Crippen LogP contribution is -2.33. The largest absolute Gasteiger partial charge is 0.506 e. The van der Waals surface area contributed by atoms with E-state index in [1.165, 1.54) is 0 Å². The van der Waals surface area contributed by atoms with Crippen LogP contribution in [0.4, 0.5) is 0 Å². The normalized spacial score (nSPS) is 17.3. The van der Waals surface area contributed by atoms with Gasteiger partial charge in [0.25, 0.3) is 0 Å². The van der Waals surface area contributed by atoms with E-state index in [0.29, 0.717) is 6.54 Å². The van der Waals surface area contributed by atoms with Crippen LogP contribution >= 0.6 is 0 Å². The molecule has 1 aromatic rings. The second-order valence-corrected chi connectivity index (χ2v) is 5.05. The molecular weight excluding hydrogens is 242 g/mol. The monoisotopic (exact) mass is 263 g/mol. The first-order chi connectivity index (χ1) is 9.06. The summed E-state index contributed by atoms with van der Waals surface area (Å²) >= 11 is 0. The first kappa shape index (κ1) is 13.8. The van der Waals surface area contributed by atoms with E-state index in [-0.39, 0.29) is 11.7 Å². The molecule has 0 aliphatic carbocycles. The van der Waals surface area contributed by atoms with E-state index in [4.69, 9.17) is 0 Å². The van der Waals surface area contributed by atoms with Crippen molar-refractivity contribution in [1.82, 2.24) is 14.8 Å². The third-order valence-electron chi connectivity index (χ3n) is 3.50. The molecule has 1 aliphatic rings. The van der Waals surface area contributed by atoms with Gasteiger partial charge in [-0.05, 0) is 25.5 Å². The van der Waals surface area contributed by atoms with Crippen LogP contribution in [-0.4, -0.2) is 52.0 Å². The molecule has 1 fully saturated rings. The molecular formula is C14H21N3O2. The highest BCUT2D eigenvalue weighted by Crippen LogP contribution is 2.17. The number of nitrogens with zero attached hydrogens (tertiary/aromatic N) is 3. The lowest BCUT2D eigenvalue weighted by atomic mass is 10.2. The molecule has 1 N–H and O–H groups in total. The SMILES string of the molecule is CC(=O)N1CCCN(Cc2nc(C)ccc2O)CC1. The minimum absolute atomic E-state index is 0.137. The fourth-order valence-electron chi connectivity index (χ4n) is 2.38. The molecule has 1 aliphatic heterocycles. The van der Waals surface area contributed by atoms with Gasteiger partial charge in [-0.25, -0.2) is 0 Å². The highest BCUT2D eigenvalue weighted by Gasteiger charge is 2.17. The van der Waals surface area contributed by atoms with Crippen LogP contribution in [0.25, 0.3) is 0 Å². The Hall–Kier alpha value is -1.62. The number of carbonyl (C=O) groups excluding carboxylic acids is 1. The van der Waals surface area contributed by atoms with Crippen molar-refractivity contribution in [1.29, 1.82) is 0 Å². The van der Waals surface area contributed by atoms with Gasteiger partial charge >= 0.3 is 0 Å². The number of rotatable bonds is 2. The Balaban J connectivity index is 1.99. The van der Waals surface area contributed by atoms with E-state index in [1.54, 1.807) is 19.1 Å². The van der Waals surface area contributed by atoms with Crippen molar-refractivity contribution in [3.63, 3.8) is 0 Å². The van der Waals surface area contributed by atoms with Crippen molar-refractivity contribution in [2.24, 2.45) is 0 Å². The summed E-state index contributed by atoms with van der Waals surface area (Å²) < 4.78 is 0. The first-order valence-corrected chi connectivity index (χ1v) is 6.69. The molecule has 1 saturated heterocycles. The minimum atomic E-state index is 0.137. The molecule has 5 nitrogen and oxygen atoms in total. The summed E-state index contributed by atoms with van der Waals surface area (Å²) in [7, 11) is 0. The maximum atomic E-state index is 11.4. The number of hydrogen-bond donors (Lipinski definition) is 1. The molecule has 0 atom stereocenters. The van der Waals surface area contributed by atoms with Gasteiger partial charge in [0.1, 0.15) is 5.75 Å². The quantitative estimate of drug-likeness (QED) is 0.869. The Morgan fingerprint density at radius 2 is 2.11 bits per heavy atom. The molecule has 0 bridgehead atoms. The van der Waals surface area contributed by atoms with Crippen molar-refractivity contribution < 1.29 is 9.90 Å². The van der Waals surface area contributed by atoms with Gasteiger partial charge in [0.15, 0.2) is 0 Å². The Morgan fingerprint density at radius 3 is 2.84 bits per heavy atom. The molecule has 0 radical (unpaired) electrons. The summed E-state index contributed by atoms with van der Waals surface area (Å²) in [6, 6.07) is 3.50. The summed E-state index contributed by atoms with van der Waals surface area (Å²) in [4.78, 5) is 19.9. The van der Waals surface area contributed by atoms with Gasteiger partial charge in [0, 0.05) is 45.3 Å². The van der Waals surface area contributed by atoms with Crippen LogP contribution in [0.3, 0.4) is 0 Å². The van der Waals surface area contributed by atoms with Crippen molar-refractivity contribution >= 4 is 5.91 Å². The number of aromatic hydroxyl groups is 1. The molecule has 104 valence electrons. The van der Waals surface area contributed by atoms with Crippen LogP contribution in [0.2, 0.25) is 0 Å². The smallest absolute Gasteiger partial charge is 0.219 e. The zero-order chi connectivity index (χ0) is 13.8. The van der Waals surface area contributed by atoms with Crippen molar-refractivity contribution in [3.8, 4) is 5.75 Å². The summed E-state index contributed by atoms with van der Waals surface area (Å²) in [6.07, 6.45) is 0.964. The van der Waals surface area contributed by atoms with E-state index in [0.717, 1.165) is 44.0 Å². The Kier molecular flexibility index (Phi) is 4.37. The first-order valence-electron chi connectivity index (χ1n) is 6.69. The standard InChI is InChI=1S/C14H21N3O2/c1-11-4-5-14(19)13(15-11)10-16-6-3-7-17(9-8-16)12(2)18/h4-5,19H,3,6-10H2,1-2H3. The Bertz CT molecular complexity index is 462. The predicted molar refractivity (Wildman–Crippen MR) is 72.8 cm³/mol. The lowest BCUT2D eigenvalue weighted by Gasteiger charge is -2.21. The van der Waals surface area contributed by atoms with Crippen molar-refractivity contribution in [3.05, 3.63) is 23.5 Å². The summed E-state index contributed by atoms with van der Waals surface area (Å²) in [5.74, 6) is 0.386. The van der Waals surface area contributed by atoms with Gasteiger partial charge in [0.2, 0.25) is 5.91 Å². The fraction of sp³-hybridized carbons (Fsp3) is 0.571. The second kappa shape index (κ2) is 6.02. The van der Waals surface area contributed by atoms with E-state index in [2.05, 4.69) is 9.88 Å². The molecule has 1 amide bonds. The molecule has 2 heterocycles. The van der Waals surface area contributed by atoms with Crippen LogP contribution < -0.4 is 0 Å². The number of aryl methyl sites for hydroxylation is 1. The highest BCUT2D eigenvalue weighted by molar-refractivity contribution is 5.73. The Labute approximate surface area is 113 Å². The number of hydrogen-bond acceptors (Lipinski definition) is 4. The summed E-state index contributed by atoms with van der Waals surface area (Å²) in [6.45, 7) is 7.50. The summed E-state index contributed by atoms with van der Waals surface area (Å²) in [5, 5.41) is 9.82. The molecule has 2 rings (SSSR count). The van der Waals surface area contributed by atoms with Gasteiger partial charge in [0.05, 0.1) is 5.69 Å². The number of carbonyl (C=O) groups is 1. The highest BCUT2D eigenvalue weighted by atomic mass is 16.3. The third kappa shape index (κ3) is 3.67. The van der Waals surface area contributed by atoms with Crippen molar-refractivity contribution in [2.75, 3.05) is 26.2 Å². The zero-order valence-corrected chi connectivity index (χ0v) is 11.6. The van der Waals surface area contributed by atoms with Crippen molar-refractivity contribution in [2.45, 2.75) is 26.8 Å². The van der Waals surface area contributed by atoms with E-state index in [9.17, 15) is 9.90 Å². The Morgan fingerprint density at radius 1 is 1.32 bits per heavy atom. The van der Waals surface area contributed by atoms with Gasteiger partial charge in [-0.3, -0.25) is 14.7 Å². The third-order valence-corrected chi connectivity index (χ3v) is 3.50. The van der Waals surface area contributed by atoms with Gasteiger partial charge in [-0.1, -0.05) is 0 Å². The molecule has 0 spiro atoms. The number of aromatic nitrogens is 1. The second-order valence-electron chi connectivity index (χ2n) is 5.05. The van der Waals surface area contributed by atoms with Crippen LogP contribution in [0.15, 0.2) is 12.1 Å². The summed E-state index contributed by atoms with van der Waals surface area (Å²) in [5.41, 5.74) is 1.63. The molecule has 19 heavy (non-hydrogen) atoms. The van der Waals surface area contributed by atoms with E-state index >= 15 is 0 Å². The minimum Gasteiger partial charge on any atom is -0.506 e. The molecule has 0 unspecified atom stereocenters. The zero-order valence-electron chi connectivity index (χ0n) is 11.6. The van der Waals surface area contributed by atoms with E-state index < -0.39 is 0 Å². The van der Waals surface area contributed by atoms with E-state index in [1.807, 2.05) is 11.8 Å². The maximum Gasteiger partial charge on any atom is 0.219 e. The average Bonchev–Trinajstić information content (AvgIpc) is 2.59.